The van der Waals surface area contributed by atoms with Gasteiger partial charge in [0.2, 0.25) is 0 Å². The average molecular weight is 253 g/mol. The Hall–Kier alpha value is -0.0800. The lowest BCUT2D eigenvalue weighted by molar-refractivity contribution is 0.129. The molecule has 4 atom stereocenters. The second-order valence-electron chi connectivity index (χ2n) is 6.84. The number of aliphatic hydroxyl groups is 1. The van der Waals surface area contributed by atoms with Gasteiger partial charge in [0.25, 0.3) is 0 Å². The smallest absolute Gasteiger partial charge is 0.0445 e. The molecule has 0 amide bonds. The Morgan fingerprint density at radius 1 is 1.06 bits per heavy atom. The first-order valence-corrected chi connectivity index (χ1v) is 8.07. The molecule has 0 spiro atoms. The molecule has 2 nitrogen and oxygen atoms in total. The van der Waals surface area contributed by atoms with Crippen LogP contribution < -0.4 is 5.32 Å². The van der Waals surface area contributed by atoms with Crippen LogP contribution in [0.25, 0.3) is 0 Å². The molecule has 2 aliphatic rings. The summed E-state index contributed by atoms with van der Waals surface area (Å²) in [6.07, 6.45) is 11.0. The zero-order valence-corrected chi connectivity index (χ0v) is 12.2. The van der Waals surface area contributed by atoms with E-state index in [0.29, 0.717) is 24.6 Å². The molecule has 0 heterocycles. The SMILES string of the molecule is CC(C)C(CCO)NC1CCC2CCCCC2C1. The topological polar surface area (TPSA) is 32.3 Å². The standard InChI is InChI=1S/C16H31NO/c1-12(2)16(9-10-18)17-15-8-7-13-5-3-4-6-14(13)11-15/h12-18H,3-11H2,1-2H3. The van der Waals surface area contributed by atoms with E-state index < -0.39 is 0 Å². The summed E-state index contributed by atoms with van der Waals surface area (Å²) >= 11 is 0. The summed E-state index contributed by atoms with van der Waals surface area (Å²) in [5, 5.41) is 13.0. The third kappa shape index (κ3) is 3.71. The van der Waals surface area contributed by atoms with Gasteiger partial charge in [-0.15, -0.1) is 0 Å². The average Bonchev–Trinajstić information content (AvgIpc) is 2.38. The molecular formula is C16H31NO. The quantitative estimate of drug-likeness (QED) is 0.787. The molecule has 2 N–H and O–H groups in total. The van der Waals surface area contributed by atoms with Gasteiger partial charge in [-0.1, -0.05) is 39.5 Å². The maximum Gasteiger partial charge on any atom is 0.0445 e. The monoisotopic (exact) mass is 253 g/mol. The van der Waals surface area contributed by atoms with E-state index in [1.807, 2.05) is 0 Å². The van der Waals surface area contributed by atoms with E-state index in [1.54, 1.807) is 0 Å². The minimum atomic E-state index is 0.314. The molecule has 0 aliphatic heterocycles. The Balaban J connectivity index is 1.82. The lowest BCUT2D eigenvalue weighted by atomic mass is 9.69. The summed E-state index contributed by atoms with van der Waals surface area (Å²) in [7, 11) is 0. The van der Waals surface area contributed by atoms with Crippen molar-refractivity contribution in [2.24, 2.45) is 17.8 Å². The summed E-state index contributed by atoms with van der Waals surface area (Å²) in [6, 6.07) is 1.21. The minimum Gasteiger partial charge on any atom is -0.396 e. The first-order valence-electron chi connectivity index (χ1n) is 8.07. The van der Waals surface area contributed by atoms with Crippen molar-refractivity contribution in [1.29, 1.82) is 0 Å². The fourth-order valence-corrected chi connectivity index (χ4v) is 4.08. The van der Waals surface area contributed by atoms with Crippen LogP contribution in [0.4, 0.5) is 0 Å². The molecule has 4 unspecified atom stereocenters. The number of nitrogens with one attached hydrogen (secondary N) is 1. The molecule has 106 valence electrons. The van der Waals surface area contributed by atoms with Gasteiger partial charge in [0.05, 0.1) is 0 Å². The maximum absolute atomic E-state index is 9.16. The van der Waals surface area contributed by atoms with Crippen molar-refractivity contribution in [2.45, 2.75) is 77.3 Å². The molecule has 18 heavy (non-hydrogen) atoms. The van der Waals surface area contributed by atoms with Gasteiger partial charge in [-0.05, 0) is 43.4 Å². The van der Waals surface area contributed by atoms with Gasteiger partial charge in [-0.3, -0.25) is 0 Å². The zero-order chi connectivity index (χ0) is 13.0. The fraction of sp³-hybridized carbons (Fsp3) is 1.00. The first-order chi connectivity index (χ1) is 8.70. The van der Waals surface area contributed by atoms with Crippen molar-refractivity contribution in [3.63, 3.8) is 0 Å². The molecule has 0 aromatic carbocycles. The third-order valence-corrected chi connectivity index (χ3v) is 5.23. The highest BCUT2D eigenvalue weighted by Gasteiger charge is 2.32. The highest BCUT2D eigenvalue weighted by Crippen LogP contribution is 2.40. The highest BCUT2D eigenvalue weighted by atomic mass is 16.3. The molecule has 0 saturated heterocycles. The number of hydrogen-bond donors (Lipinski definition) is 2. The van der Waals surface area contributed by atoms with Crippen LogP contribution in [0.1, 0.15) is 65.2 Å². The van der Waals surface area contributed by atoms with E-state index in [0.717, 1.165) is 18.3 Å². The van der Waals surface area contributed by atoms with Crippen LogP contribution in [-0.2, 0) is 0 Å². The third-order valence-electron chi connectivity index (χ3n) is 5.23. The van der Waals surface area contributed by atoms with Gasteiger partial charge >= 0.3 is 0 Å². The van der Waals surface area contributed by atoms with Crippen LogP contribution in [0, 0.1) is 17.8 Å². The highest BCUT2D eigenvalue weighted by molar-refractivity contribution is 4.88. The van der Waals surface area contributed by atoms with Crippen LogP contribution in [0.2, 0.25) is 0 Å². The van der Waals surface area contributed by atoms with E-state index in [-0.39, 0.29) is 0 Å². The summed E-state index contributed by atoms with van der Waals surface area (Å²) in [4.78, 5) is 0. The number of rotatable bonds is 5. The minimum absolute atomic E-state index is 0.314. The zero-order valence-electron chi connectivity index (χ0n) is 12.2. The van der Waals surface area contributed by atoms with Crippen LogP contribution in [0.15, 0.2) is 0 Å². The Morgan fingerprint density at radius 2 is 1.78 bits per heavy atom. The van der Waals surface area contributed by atoms with Gasteiger partial charge in [-0.25, -0.2) is 0 Å². The number of aliphatic hydroxyl groups excluding tert-OH is 1. The van der Waals surface area contributed by atoms with Crippen LogP contribution in [-0.4, -0.2) is 23.8 Å². The van der Waals surface area contributed by atoms with Crippen LogP contribution >= 0.6 is 0 Å². The molecule has 2 fully saturated rings. The largest absolute Gasteiger partial charge is 0.396 e. The number of hydrogen-bond acceptors (Lipinski definition) is 2. The maximum atomic E-state index is 9.16. The van der Waals surface area contributed by atoms with Gasteiger partial charge in [-0.2, -0.15) is 0 Å². The first kappa shape index (κ1) is 14.3. The van der Waals surface area contributed by atoms with Crippen LogP contribution in [0.3, 0.4) is 0 Å². The Labute approximate surface area is 113 Å². The van der Waals surface area contributed by atoms with Gasteiger partial charge in [0, 0.05) is 18.7 Å². The van der Waals surface area contributed by atoms with Crippen molar-refractivity contribution >= 4 is 0 Å². The molecule has 2 heteroatoms. The van der Waals surface area contributed by atoms with Crippen LogP contribution in [0.5, 0.6) is 0 Å². The molecule has 2 rings (SSSR count). The normalized spacial score (nSPS) is 34.3. The van der Waals surface area contributed by atoms with Gasteiger partial charge in [0.1, 0.15) is 0 Å². The van der Waals surface area contributed by atoms with Crippen molar-refractivity contribution in [3.8, 4) is 0 Å². The Morgan fingerprint density at radius 3 is 2.44 bits per heavy atom. The summed E-state index contributed by atoms with van der Waals surface area (Å²) < 4.78 is 0. The summed E-state index contributed by atoms with van der Waals surface area (Å²) in [5.41, 5.74) is 0. The van der Waals surface area contributed by atoms with Crippen molar-refractivity contribution in [3.05, 3.63) is 0 Å². The predicted molar refractivity (Wildman–Crippen MR) is 76.6 cm³/mol. The molecule has 0 radical (unpaired) electrons. The lowest BCUT2D eigenvalue weighted by Crippen LogP contribution is -2.46. The second kappa shape index (κ2) is 6.91. The number of fused-ring (bicyclic) bond motifs is 1. The van der Waals surface area contributed by atoms with E-state index in [4.69, 9.17) is 5.11 Å². The van der Waals surface area contributed by atoms with Crippen molar-refractivity contribution in [2.75, 3.05) is 6.61 Å². The van der Waals surface area contributed by atoms with E-state index >= 15 is 0 Å². The molecule has 0 aromatic heterocycles. The molecule has 2 aliphatic carbocycles. The summed E-state index contributed by atoms with van der Waals surface area (Å²) in [5.74, 6) is 2.65. The predicted octanol–water partition coefficient (Wildman–Crippen LogP) is 3.34. The molecule has 0 aromatic rings. The second-order valence-corrected chi connectivity index (χ2v) is 6.84. The van der Waals surface area contributed by atoms with Gasteiger partial charge < -0.3 is 10.4 Å². The Bertz CT molecular complexity index is 241. The fourth-order valence-electron chi connectivity index (χ4n) is 4.08. The van der Waals surface area contributed by atoms with Crippen molar-refractivity contribution in [1.82, 2.24) is 5.32 Å². The molecule has 0 bridgehead atoms. The lowest BCUT2D eigenvalue weighted by Gasteiger charge is -2.41. The van der Waals surface area contributed by atoms with Gasteiger partial charge in [0.15, 0.2) is 0 Å². The molecule has 2 saturated carbocycles. The van der Waals surface area contributed by atoms with E-state index in [2.05, 4.69) is 19.2 Å². The van der Waals surface area contributed by atoms with E-state index in [9.17, 15) is 0 Å². The Kier molecular flexibility index (Phi) is 5.50. The van der Waals surface area contributed by atoms with Crippen molar-refractivity contribution < 1.29 is 5.11 Å². The summed E-state index contributed by atoms with van der Waals surface area (Å²) in [6.45, 7) is 4.84. The molecular weight excluding hydrogens is 222 g/mol. The van der Waals surface area contributed by atoms with E-state index in [1.165, 1.54) is 44.9 Å².